The highest BCUT2D eigenvalue weighted by Crippen LogP contribution is 2.31. The Kier molecular flexibility index (Phi) is 5.52. The van der Waals surface area contributed by atoms with E-state index >= 15 is 0 Å². The van der Waals surface area contributed by atoms with Crippen LogP contribution in [0.25, 0.3) is 0 Å². The topological polar surface area (TPSA) is 24.9 Å². The second kappa shape index (κ2) is 6.99. The molecule has 0 radical (unpaired) electrons. The van der Waals surface area contributed by atoms with Crippen LogP contribution in [0.15, 0.2) is 22.7 Å². The third-order valence-electron chi connectivity index (χ3n) is 3.26. The Morgan fingerprint density at radius 1 is 1.38 bits per heavy atom. The van der Waals surface area contributed by atoms with Crippen molar-refractivity contribution >= 4 is 27.3 Å². The first-order valence-electron chi connectivity index (χ1n) is 7.09. The predicted octanol–water partition coefficient (Wildman–Crippen LogP) is 5.00. The molecule has 0 spiro atoms. The van der Waals surface area contributed by atoms with Gasteiger partial charge in [0.15, 0.2) is 0 Å². The van der Waals surface area contributed by atoms with Crippen LogP contribution in [0, 0.1) is 12.7 Å². The number of aromatic nitrogens is 1. The first kappa shape index (κ1) is 16.6. The third kappa shape index (κ3) is 3.90. The van der Waals surface area contributed by atoms with Crippen molar-refractivity contribution in [2.75, 3.05) is 0 Å². The Hall–Kier alpha value is -0.780. The molecule has 5 heteroatoms. The molecule has 0 amide bonds. The van der Waals surface area contributed by atoms with Crippen molar-refractivity contribution in [3.63, 3.8) is 0 Å². The Morgan fingerprint density at radius 3 is 2.62 bits per heavy atom. The molecule has 2 nitrogen and oxygen atoms in total. The molecule has 0 fully saturated rings. The lowest BCUT2D eigenvalue weighted by molar-refractivity contribution is 0.501. The summed E-state index contributed by atoms with van der Waals surface area (Å²) in [6.07, 6.45) is 0.902. The molecule has 1 N–H and O–H groups in total. The zero-order chi connectivity index (χ0) is 15.6. The van der Waals surface area contributed by atoms with Gasteiger partial charge in [-0.25, -0.2) is 9.37 Å². The summed E-state index contributed by atoms with van der Waals surface area (Å²) in [5, 5.41) is 4.36. The number of rotatable bonds is 5. The van der Waals surface area contributed by atoms with Crippen molar-refractivity contribution in [1.82, 2.24) is 10.3 Å². The molecular weight excluding hydrogens is 351 g/mol. The summed E-state index contributed by atoms with van der Waals surface area (Å²) < 4.78 is 15.1. The second-order valence-electron chi connectivity index (χ2n) is 5.33. The Balaban J connectivity index is 2.46. The van der Waals surface area contributed by atoms with Crippen LogP contribution in [-0.4, -0.2) is 11.0 Å². The van der Waals surface area contributed by atoms with E-state index in [1.54, 1.807) is 11.3 Å². The molecule has 0 aliphatic rings. The molecular formula is C16H20BrFN2S. The summed E-state index contributed by atoms with van der Waals surface area (Å²) in [5.41, 5.74) is 1.74. The van der Waals surface area contributed by atoms with Gasteiger partial charge in [0.1, 0.15) is 10.8 Å². The van der Waals surface area contributed by atoms with Gasteiger partial charge >= 0.3 is 0 Å². The molecule has 1 unspecified atom stereocenters. The minimum absolute atomic E-state index is 0.206. The summed E-state index contributed by atoms with van der Waals surface area (Å²) in [4.78, 5) is 5.91. The standard InChI is InChI=1S/C16H20BrFN2S/c1-5-14-10(4)21-16(20-14)15(19-9(2)3)12-7-6-11(17)8-13(12)18/h6-9,15,19H,5H2,1-4H3. The van der Waals surface area contributed by atoms with Crippen molar-refractivity contribution in [3.8, 4) is 0 Å². The van der Waals surface area contributed by atoms with E-state index in [1.807, 2.05) is 12.1 Å². The number of benzene rings is 1. The number of hydrogen-bond donors (Lipinski definition) is 1. The van der Waals surface area contributed by atoms with Crippen molar-refractivity contribution in [3.05, 3.63) is 49.6 Å². The largest absolute Gasteiger partial charge is 0.302 e. The summed E-state index contributed by atoms with van der Waals surface area (Å²) >= 11 is 4.95. The van der Waals surface area contributed by atoms with E-state index in [-0.39, 0.29) is 17.9 Å². The highest BCUT2D eigenvalue weighted by Gasteiger charge is 2.23. The van der Waals surface area contributed by atoms with Crippen molar-refractivity contribution in [2.45, 2.75) is 46.2 Å². The fourth-order valence-corrected chi connectivity index (χ4v) is 3.69. The molecule has 1 aromatic heterocycles. The van der Waals surface area contributed by atoms with E-state index in [1.165, 1.54) is 10.9 Å². The molecule has 1 heterocycles. The van der Waals surface area contributed by atoms with E-state index in [4.69, 9.17) is 4.98 Å². The van der Waals surface area contributed by atoms with Gasteiger partial charge in [0.25, 0.3) is 0 Å². The van der Waals surface area contributed by atoms with E-state index in [2.05, 4.69) is 48.9 Å². The quantitative estimate of drug-likeness (QED) is 0.800. The van der Waals surface area contributed by atoms with Crippen LogP contribution >= 0.6 is 27.3 Å². The molecule has 1 atom stereocenters. The molecule has 0 saturated carbocycles. The summed E-state index contributed by atoms with van der Waals surface area (Å²) in [7, 11) is 0. The second-order valence-corrected chi connectivity index (χ2v) is 7.48. The molecule has 0 saturated heterocycles. The lowest BCUT2D eigenvalue weighted by Gasteiger charge is -2.20. The molecule has 0 aliphatic carbocycles. The van der Waals surface area contributed by atoms with Crippen molar-refractivity contribution in [1.29, 1.82) is 0 Å². The van der Waals surface area contributed by atoms with Crippen LogP contribution in [0.3, 0.4) is 0 Å². The number of halogens is 2. The SMILES string of the molecule is CCc1nc(C(NC(C)C)c2ccc(Br)cc2F)sc1C. The van der Waals surface area contributed by atoms with Crippen molar-refractivity contribution in [2.24, 2.45) is 0 Å². The number of thiazole rings is 1. The fourth-order valence-electron chi connectivity index (χ4n) is 2.26. The Morgan fingerprint density at radius 2 is 2.10 bits per heavy atom. The van der Waals surface area contributed by atoms with Gasteiger partial charge in [-0.1, -0.05) is 28.9 Å². The van der Waals surface area contributed by atoms with Gasteiger partial charge in [-0.2, -0.15) is 0 Å². The number of hydrogen-bond acceptors (Lipinski definition) is 3. The van der Waals surface area contributed by atoms with Crippen LogP contribution in [0.4, 0.5) is 4.39 Å². The predicted molar refractivity (Wildman–Crippen MR) is 90.4 cm³/mol. The van der Waals surface area contributed by atoms with E-state index in [0.29, 0.717) is 5.56 Å². The van der Waals surface area contributed by atoms with E-state index in [0.717, 1.165) is 21.6 Å². The summed E-state index contributed by atoms with van der Waals surface area (Å²) in [6, 6.07) is 5.23. The maximum Gasteiger partial charge on any atom is 0.129 e. The number of nitrogens with zero attached hydrogens (tertiary/aromatic N) is 1. The molecule has 0 aliphatic heterocycles. The number of aryl methyl sites for hydroxylation is 2. The third-order valence-corrected chi connectivity index (χ3v) is 4.84. The van der Waals surface area contributed by atoms with Gasteiger partial charge in [0, 0.05) is 21.0 Å². The minimum atomic E-state index is -0.214. The maximum atomic E-state index is 14.3. The first-order valence-corrected chi connectivity index (χ1v) is 8.70. The van der Waals surface area contributed by atoms with Gasteiger partial charge in [-0.3, -0.25) is 0 Å². The van der Waals surface area contributed by atoms with Crippen LogP contribution in [0.5, 0.6) is 0 Å². The lowest BCUT2D eigenvalue weighted by Crippen LogP contribution is -2.29. The van der Waals surface area contributed by atoms with Crippen LogP contribution in [0.2, 0.25) is 0 Å². The highest BCUT2D eigenvalue weighted by molar-refractivity contribution is 9.10. The normalized spacial score (nSPS) is 12.9. The molecule has 2 aromatic rings. The monoisotopic (exact) mass is 370 g/mol. The van der Waals surface area contributed by atoms with Crippen LogP contribution in [-0.2, 0) is 6.42 Å². The molecule has 1 aromatic carbocycles. The van der Waals surface area contributed by atoms with Crippen molar-refractivity contribution < 1.29 is 4.39 Å². The number of nitrogens with one attached hydrogen (secondary N) is 1. The molecule has 0 bridgehead atoms. The highest BCUT2D eigenvalue weighted by atomic mass is 79.9. The first-order chi connectivity index (χ1) is 9.92. The van der Waals surface area contributed by atoms with Gasteiger partial charge < -0.3 is 5.32 Å². The summed E-state index contributed by atoms with van der Waals surface area (Å²) in [5.74, 6) is -0.214. The smallest absolute Gasteiger partial charge is 0.129 e. The molecule has 114 valence electrons. The molecule has 2 rings (SSSR count). The van der Waals surface area contributed by atoms with Crippen LogP contribution in [0.1, 0.15) is 48.0 Å². The van der Waals surface area contributed by atoms with Gasteiger partial charge in [-0.15, -0.1) is 11.3 Å². The summed E-state index contributed by atoms with van der Waals surface area (Å²) in [6.45, 7) is 8.29. The minimum Gasteiger partial charge on any atom is -0.302 e. The van der Waals surface area contributed by atoms with Gasteiger partial charge in [0.05, 0.1) is 11.7 Å². The van der Waals surface area contributed by atoms with Gasteiger partial charge in [0.2, 0.25) is 0 Å². The fraction of sp³-hybridized carbons (Fsp3) is 0.438. The van der Waals surface area contributed by atoms with E-state index in [9.17, 15) is 4.39 Å². The van der Waals surface area contributed by atoms with Crippen LogP contribution < -0.4 is 5.32 Å². The molecule has 21 heavy (non-hydrogen) atoms. The van der Waals surface area contributed by atoms with Gasteiger partial charge in [-0.05, 0) is 39.3 Å². The average Bonchev–Trinajstić information content (AvgIpc) is 2.77. The average molecular weight is 371 g/mol. The maximum absolute atomic E-state index is 14.3. The zero-order valence-corrected chi connectivity index (χ0v) is 15.1. The Labute approximate surface area is 137 Å². The van der Waals surface area contributed by atoms with E-state index < -0.39 is 0 Å². The lowest BCUT2D eigenvalue weighted by atomic mass is 10.1. The zero-order valence-electron chi connectivity index (χ0n) is 12.7. The Bertz CT molecular complexity index is 625.